The van der Waals surface area contributed by atoms with Crippen LogP contribution >= 0.6 is 11.8 Å². The Balaban J connectivity index is 2.04. The summed E-state index contributed by atoms with van der Waals surface area (Å²) in [6.07, 6.45) is 0. The number of fused-ring (bicyclic) bond motifs is 1. The summed E-state index contributed by atoms with van der Waals surface area (Å²) in [5, 5.41) is 4.14. The Morgan fingerprint density at radius 3 is 3.50 bits per heavy atom. The first kappa shape index (κ1) is 5.09. The van der Waals surface area contributed by atoms with E-state index >= 15 is 0 Å². The van der Waals surface area contributed by atoms with Crippen molar-refractivity contribution < 1.29 is 0 Å². The van der Waals surface area contributed by atoms with E-state index in [1.165, 1.54) is 18.8 Å². The number of nitrogens with zero attached hydrogens (tertiary/aromatic N) is 1. The molecule has 0 aromatic heterocycles. The minimum absolute atomic E-state index is 0.815. The molecule has 0 aliphatic carbocycles. The standard InChI is InChI=1S/C5H10N2S/c1-2-8-5-3-6-4-7(1)5/h5-6H,1-4H2. The van der Waals surface area contributed by atoms with Crippen LogP contribution in [0.5, 0.6) is 0 Å². The summed E-state index contributed by atoms with van der Waals surface area (Å²) in [5.74, 6) is 1.34. The lowest BCUT2D eigenvalue weighted by molar-refractivity contribution is 0.353. The summed E-state index contributed by atoms with van der Waals surface area (Å²) >= 11 is 2.08. The van der Waals surface area contributed by atoms with Crippen LogP contribution in [0.1, 0.15) is 0 Å². The van der Waals surface area contributed by atoms with Gasteiger partial charge in [0.1, 0.15) is 0 Å². The van der Waals surface area contributed by atoms with E-state index in [9.17, 15) is 0 Å². The maximum Gasteiger partial charge on any atom is 0.0694 e. The Morgan fingerprint density at radius 1 is 1.62 bits per heavy atom. The Labute approximate surface area is 53.6 Å². The third kappa shape index (κ3) is 0.658. The van der Waals surface area contributed by atoms with Gasteiger partial charge in [-0.05, 0) is 0 Å². The number of thioether (sulfide) groups is 1. The number of rotatable bonds is 0. The van der Waals surface area contributed by atoms with Gasteiger partial charge in [0.15, 0.2) is 0 Å². The Morgan fingerprint density at radius 2 is 2.62 bits per heavy atom. The fourth-order valence-corrected chi connectivity index (χ4v) is 2.49. The molecule has 2 aliphatic rings. The normalized spacial score (nSPS) is 38.2. The highest BCUT2D eigenvalue weighted by atomic mass is 32.2. The second-order valence-corrected chi connectivity index (χ2v) is 3.54. The first-order chi connectivity index (χ1) is 3.97. The van der Waals surface area contributed by atoms with E-state index in [1.807, 2.05) is 0 Å². The topological polar surface area (TPSA) is 15.3 Å². The first-order valence-electron chi connectivity index (χ1n) is 3.03. The highest BCUT2D eigenvalue weighted by molar-refractivity contribution is 8.00. The number of nitrogens with one attached hydrogen (secondary N) is 1. The van der Waals surface area contributed by atoms with Gasteiger partial charge < -0.3 is 5.32 Å². The van der Waals surface area contributed by atoms with E-state index in [2.05, 4.69) is 22.0 Å². The van der Waals surface area contributed by atoms with Crippen molar-refractivity contribution in [1.82, 2.24) is 10.2 Å². The lowest BCUT2D eigenvalue weighted by atomic mass is 10.6. The van der Waals surface area contributed by atoms with Gasteiger partial charge in [0, 0.05) is 25.5 Å². The summed E-state index contributed by atoms with van der Waals surface area (Å²) in [6.45, 7) is 3.62. The van der Waals surface area contributed by atoms with Crippen LogP contribution in [-0.2, 0) is 0 Å². The zero-order valence-corrected chi connectivity index (χ0v) is 5.58. The van der Waals surface area contributed by atoms with Gasteiger partial charge in [-0.2, -0.15) is 0 Å². The Bertz CT molecular complexity index is 76.4. The molecule has 2 rings (SSSR count). The monoisotopic (exact) mass is 130 g/mol. The molecule has 0 aromatic carbocycles. The van der Waals surface area contributed by atoms with Crippen molar-refractivity contribution >= 4 is 11.8 Å². The van der Waals surface area contributed by atoms with Crippen LogP contribution in [0, 0.1) is 0 Å². The molecule has 2 fully saturated rings. The van der Waals surface area contributed by atoms with Crippen LogP contribution in [0.2, 0.25) is 0 Å². The first-order valence-corrected chi connectivity index (χ1v) is 4.08. The molecule has 0 saturated carbocycles. The van der Waals surface area contributed by atoms with Crippen molar-refractivity contribution in [3.05, 3.63) is 0 Å². The lowest BCUT2D eigenvalue weighted by Gasteiger charge is -2.09. The van der Waals surface area contributed by atoms with E-state index in [1.54, 1.807) is 0 Å². The molecule has 8 heavy (non-hydrogen) atoms. The maximum atomic E-state index is 3.33. The lowest BCUT2D eigenvalue weighted by Crippen LogP contribution is -2.23. The predicted molar refractivity (Wildman–Crippen MR) is 35.8 cm³/mol. The molecule has 1 N–H and O–H groups in total. The van der Waals surface area contributed by atoms with Crippen molar-refractivity contribution in [2.24, 2.45) is 0 Å². The summed E-state index contributed by atoms with van der Waals surface area (Å²) in [4.78, 5) is 2.49. The van der Waals surface area contributed by atoms with Crippen molar-refractivity contribution in [3.63, 3.8) is 0 Å². The Hall–Kier alpha value is 0.270. The van der Waals surface area contributed by atoms with Crippen molar-refractivity contribution in [3.8, 4) is 0 Å². The average molecular weight is 130 g/mol. The van der Waals surface area contributed by atoms with Gasteiger partial charge >= 0.3 is 0 Å². The average Bonchev–Trinajstić information content (AvgIpc) is 2.15. The van der Waals surface area contributed by atoms with Crippen LogP contribution in [-0.4, -0.2) is 35.8 Å². The van der Waals surface area contributed by atoms with Gasteiger partial charge in [0.05, 0.1) is 5.37 Å². The molecule has 0 radical (unpaired) electrons. The summed E-state index contributed by atoms with van der Waals surface area (Å²) in [7, 11) is 0. The molecular weight excluding hydrogens is 120 g/mol. The molecule has 0 bridgehead atoms. The van der Waals surface area contributed by atoms with E-state index in [0.29, 0.717) is 0 Å². The maximum absolute atomic E-state index is 3.33. The van der Waals surface area contributed by atoms with Gasteiger partial charge in [-0.3, -0.25) is 4.90 Å². The predicted octanol–water partition coefficient (Wildman–Crippen LogP) is -0.0780. The molecule has 1 unspecified atom stereocenters. The second-order valence-electron chi connectivity index (χ2n) is 2.25. The van der Waals surface area contributed by atoms with Gasteiger partial charge in [-0.15, -0.1) is 11.8 Å². The third-order valence-corrected chi connectivity index (χ3v) is 3.00. The molecule has 2 saturated heterocycles. The van der Waals surface area contributed by atoms with Crippen LogP contribution in [0.4, 0.5) is 0 Å². The van der Waals surface area contributed by atoms with Crippen LogP contribution in [0.15, 0.2) is 0 Å². The highest BCUT2D eigenvalue weighted by Crippen LogP contribution is 2.24. The fraction of sp³-hybridized carbons (Fsp3) is 1.00. The van der Waals surface area contributed by atoms with E-state index in [4.69, 9.17) is 0 Å². The Kier molecular flexibility index (Phi) is 1.21. The van der Waals surface area contributed by atoms with Gasteiger partial charge in [-0.1, -0.05) is 0 Å². The quantitative estimate of drug-likeness (QED) is 0.494. The molecule has 46 valence electrons. The molecule has 0 amide bonds. The minimum Gasteiger partial charge on any atom is -0.302 e. The molecule has 0 aromatic rings. The van der Waals surface area contributed by atoms with Gasteiger partial charge in [-0.25, -0.2) is 0 Å². The van der Waals surface area contributed by atoms with Crippen LogP contribution < -0.4 is 5.32 Å². The molecule has 2 aliphatic heterocycles. The van der Waals surface area contributed by atoms with Gasteiger partial charge in [0.2, 0.25) is 0 Å². The van der Waals surface area contributed by atoms with Crippen LogP contribution in [0.3, 0.4) is 0 Å². The smallest absolute Gasteiger partial charge is 0.0694 e. The largest absolute Gasteiger partial charge is 0.302 e. The van der Waals surface area contributed by atoms with Crippen molar-refractivity contribution in [2.45, 2.75) is 5.37 Å². The van der Waals surface area contributed by atoms with Gasteiger partial charge in [0.25, 0.3) is 0 Å². The van der Waals surface area contributed by atoms with E-state index in [-0.39, 0.29) is 0 Å². The van der Waals surface area contributed by atoms with Crippen molar-refractivity contribution in [1.29, 1.82) is 0 Å². The second kappa shape index (κ2) is 1.90. The molecule has 1 atom stereocenters. The summed E-state index contributed by atoms with van der Waals surface area (Å²) in [6, 6.07) is 0. The highest BCUT2D eigenvalue weighted by Gasteiger charge is 2.28. The SMILES string of the molecule is C1CN2CNCC2S1. The third-order valence-electron chi connectivity index (χ3n) is 1.73. The molecule has 0 spiro atoms. The molecular formula is C5H10N2S. The minimum atomic E-state index is 0.815. The molecule has 2 heterocycles. The zero-order chi connectivity index (χ0) is 5.40. The molecule has 2 nitrogen and oxygen atoms in total. The summed E-state index contributed by atoms with van der Waals surface area (Å²) < 4.78 is 0. The molecule has 3 heteroatoms. The number of hydrogen-bond donors (Lipinski definition) is 1. The van der Waals surface area contributed by atoms with Crippen molar-refractivity contribution in [2.75, 3.05) is 25.5 Å². The van der Waals surface area contributed by atoms with Crippen LogP contribution in [0.25, 0.3) is 0 Å². The number of hydrogen-bond acceptors (Lipinski definition) is 3. The summed E-state index contributed by atoms with van der Waals surface area (Å²) in [5.41, 5.74) is 0. The zero-order valence-electron chi connectivity index (χ0n) is 4.76. The van der Waals surface area contributed by atoms with E-state index in [0.717, 1.165) is 12.0 Å². The van der Waals surface area contributed by atoms with E-state index < -0.39 is 0 Å². The fourth-order valence-electron chi connectivity index (χ4n) is 1.26.